The summed E-state index contributed by atoms with van der Waals surface area (Å²) >= 11 is 0. The third-order valence-corrected chi connectivity index (χ3v) is 4.70. The molecule has 0 heterocycles. The van der Waals surface area contributed by atoms with Crippen LogP contribution in [0.15, 0.2) is 48.5 Å². The Bertz CT molecular complexity index is 791. The van der Waals surface area contributed by atoms with Gasteiger partial charge in [0, 0.05) is 13.1 Å². The minimum atomic E-state index is -0.626. The molecule has 2 rings (SSSR count). The normalized spacial score (nSPS) is 11.6. The summed E-state index contributed by atoms with van der Waals surface area (Å²) in [6.45, 7) is 6.26. The number of carbonyl (C=O) groups is 2. The highest BCUT2D eigenvalue weighted by Gasteiger charge is 2.28. The molecule has 5 nitrogen and oxygen atoms in total. The van der Waals surface area contributed by atoms with Crippen molar-refractivity contribution in [1.82, 2.24) is 10.2 Å². The Labute approximate surface area is 171 Å². The quantitative estimate of drug-likeness (QED) is 0.661. The van der Waals surface area contributed by atoms with Gasteiger partial charge in [-0.2, -0.15) is 0 Å². The van der Waals surface area contributed by atoms with Crippen molar-refractivity contribution < 1.29 is 18.7 Å². The second-order valence-electron chi connectivity index (χ2n) is 6.75. The zero-order valence-electron chi connectivity index (χ0n) is 17.3. The molecule has 0 aromatic heterocycles. The first kappa shape index (κ1) is 22.4. The summed E-state index contributed by atoms with van der Waals surface area (Å²) in [5.74, 6) is -0.255. The second-order valence-corrected chi connectivity index (χ2v) is 6.75. The topological polar surface area (TPSA) is 58.6 Å². The molecule has 29 heavy (non-hydrogen) atoms. The van der Waals surface area contributed by atoms with Crippen LogP contribution in [0.5, 0.6) is 5.75 Å². The first-order valence-electron chi connectivity index (χ1n) is 10.0. The fourth-order valence-electron chi connectivity index (χ4n) is 3.05. The van der Waals surface area contributed by atoms with Gasteiger partial charge < -0.3 is 15.0 Å². The van der Waals surface area contributed by atoms with Gasteiger partial charge in [0.15, 0.2) is 6.61 Å². The number of benzene rings is 2. The van der Waals surface area contributed by atoms with Crippen LogP contribution in [0.25, 0.3) is 0 Å². The Hall–Kier alpha value is -2.89. The third kappa shape index (κ3) is 6.59. The minimum Gasteiger partial charge on any atom is -0.484 e. The average molecular weight is 400 g/mol. The summed E-state index contributed by atoms with van der Waals surface area (Å²) in [7, 11) is 0. The number of carbonyl (C=O) groups excluding carboxylic acids is 2. The fourth-order valence-corrected chi connectivity index (χ4v) is 3.05. The summed E-state index contributed by atoms with van der Waals surface area (Å²) in [5, 5.41) is 2.78. The van der Waals surface area contributed by atoms with Crippen molar-refractivity contribution in [2.45, 2.75) is 46.2 Å². The highest BCUT2D eigenvalue weighted by Crippen LogP contribution is 2.16. The van der Waals surface area contributed by atoms with Gasteiger partial charge >= 0.3 is 0 Å². The molecule has 2 amide bonds. The number of nitrogens with one attached hydrogen (secondary N) is 1. The Morgan fingerprint density at radius 1 is 1.00 bits per heavy atom. The van der Waals surface area contributed by atoms with Crippen LogP contribution in [-0.4, -0.2) is 35.9 Å². The van der Waals surface area contributed by atoms with Crippen molar-refractivity contribution in [3.63, 3.8) is 0 Å². The van der Waals surface area contributed by atoms with Crippen molar-refractivity contribution in [3.05, 3.63) is 65.5 Å². The van der Waals surface area contributed by atoms with Crippen LogP contribution in [0, 0.1) is 5.82 Å². The van der Waals surface area contributed by atoms with Gasteiger partial charge in [-0.1, -0.05) is 38.1 Å². The van der Waals surface area contributed by atoms with Crippen LogP contribution >= 0.6 is 0 Å². The Morgan fingerprint density at radius 3 is 2.17 bits per heavy atom. The fraction of sp³-hybridized carbons (Fsp3) is 0.391. The highest BCUT2D eigenvalue weighted by molar-refractivity contribution is 5.88. The standard InChI is InChI=1S/C23H29FN2O3/c1-4-17-9-13-20(14-10-17)29-16-22(27)26(21(5-2)23(28)25-6-3)15-18-7-11-19(24)12-8-18/h7-14,21H,4-6,15-16H2,1-3H3,(H,25,28). The maximum absolute atomic E-state index is 13.2. The van der Waals surface area contributed by atoms with Gasteiger partial charge in [0.1, 0.15) is 17.6 Å². The molecule has 1 N–H and O–H groups in total. The number of likely N-dealkylation sites (N-methyl/N-ethyl adjacent to an activating group) is 1. The van der Waals surface area contributed by atoms with E-state index in [2.05, 4.69) is 12.2 Å². The Morgan fingerprint density at radius 2 is 1.62 bits per heavy atom. The van der Waals surface area contributed by atoms with E-state index >= 15 is 0 Å². The molecule has 0 saturated carbocycles. The van der Waals surface area contributed by atoms with Crippen LogP contribution < -0.4 is 10.1 Å². The zero-order valence-corrected chi connectivity index (χ0v) is 17.3. The first-order valence-corrected chi connectivity index (χ1v) is 10.0. The minimum absolute atomic E-state index is 0.178. The molecule has 6 heteroatoms. The monoisotopic (exact) mass is 400 g/mol. The molecule has 0 radical (unpaired) electrons. The van der Waals surface area contributed by atoms with E-state index in [1.807, 2.05) is 38.1 Å². The number of ether oxygens (including phenoxy) is 1. The zero-order chi connectivity index (χ0) is 21.2. The molecule has 2 aromatic rings. The number of hydrogen-bond acceptors (Lipinski definition) is 3. The lowest BCUT2D eigenvalue weighted by atomic mass is 10.1. The third-order valence-electron chi connectivity index (χ3n) is 4.70. The number of halogens is 1. The summed E-state index contributed by atoms with van der Waals surface area (Å²) in [6.07, 6.45) is 1.39. The van der Waals surface area contributed by atoms with E-state index < -0.39 is 6.04 Å². The predicted octanol–water partition coefficient (Wildman–Crippen LogP) is 3.71. The maximum atomic E-state index is 13.2. The smallest absolute Gasteiger partial charge is 0.261 e. The van der Waals surface area contributed by atoms with E-state index in [-0.39, 0.29) is 30.8 Å². The van der Waals surface area contributed by atoms with E-state index in [0.717, 1.165) is 12.0 Å². The van der Waals surface area contributed by atoms with E-state index in [4.69, 9.17) is 4.74 Å². The van der Waals surface area contributed by atoms with Gasteiger partial charge in [-0.3, -0.25) is 9.59 Å². The molecule has 0 aliphatic carbocycles. The average Bonchev–Trinajstić information content (AvgIpc) is 2.73. The Kier molecular flexibility index (Phi) is 8.65. The molecule has 0 fully saturated rings. The van der Waals surface area contributed by atoms with Crippen LogP contribution in [0.2, 0.25) is 0 Å². The molecule has 0 aliphatic rings. The summed E-state index contributed by atoms with van der Waals surface area (Å²) in [4.78, 5) is 27.0. The van der Waals surface area contributed by atoms with Gasteiger partial charge in [0.2, 0.25) is 5.91 Å². The molecule has 0 saturated heterocycles. The van der Waals surface area contributed by atoms with Crippen molar-refractivity contribution in [3.8, 4) is 5.75 Å². The van der Waals surface area contributed by atoms with Gasteiger partial charge in [-0.05, 0) is 55.2 Å². The van der Waals surface area contributed by atoms with Crippen LogP contribution in [-0.2, 0) is 22.6 Å². The summed E-state index contributed by atoms with van der Waals surface area (Å²) in [6, 6.07) is 12.9. The molecule has 0 aliphatic heterocycles. The van der Waals surface area contributed by atoms with E-state index in [1.165, 1.54) is 22.6 Å². The molecule has 1 atom stereocenters. The van der Waals surface area contributed by atoms with E-state index in [9.17, 15) is 14.0 Å². The van der Waals surface area contributed by atoms with Crippen molar-refractivity contribution >= 4 is 11.8 Å². The molecule has 2 aromatic carbocycles. The molecule has 0 bridgehead atoms. The predicted molar refractivity (Wildman–Crippen MR) is 111 cm³/mol. The number of hydrogen-bond donors (Lipinski definition) is 1. The van der Waals surface area contributed by atoms with E-state index in [1.54, 1.807) is 12.1 Å². The lowest BCUT2D eigenvalue weighted by Gasteiger charge is -2.30. The lowest BCUT2D eigenvalue weighted by molar-refractivity contribution is -0.142. The first-order chi connectivity index (χ1) is 14.0. The molecular formula is C23H29FN2O3. The highest BCUT2D eigenvalue weighted by atomic mass is 19.1. The maximum Gasteiger partial charge on any atom is 0.261 e. The molecule has 1 unspecified atom stereocenters. The van der Waals surface area contributed by atoms with E-state index in [0.29, 0.717) is 18.7 Å². The van der Waals surface area contributed by atoms with Crippen molar-refractivity contribution in [2.24, 2.45) is 0 Å². The van der Waals surface area contributed by atoms with Gasteiger partial charge in [0.25, 0.3) is 5.91 Å². The van der Waals surface area contributed by atoms with Crippen molar-refractivity contribution in [2.75, 3.05) is 13.2 Å². The largest absolute Gasteiger partial charge is 0.484 e. The van der Waals surface area contributed by atoms with Crippen LogP contribution in [0.3, 0.4) is 0 Å². The molecular weight excluding hydrogens is 371 g/mol. The van der Waals surface area contributed by atoms with Crippen LogP contribution in [0.1, 0.15) is 38.3 Å². The number of rotatable bonds is 10. The Balaban J connectivity index is 2.15. The van der Waals surface area contributed by atoms with Crippen LogP contribution in [0.4, 0.5) is 4.39 Å². The summed E-state index contributed by atoms with van der Waals surface area (Å²) in [5.41, 5.74) is 1.93. The second kappa shape index (κ2) is 11.2. The lowest BCUT2D eigenvalue weighted by Crippen LogP contribution is -2.50. The van der Waals surface area contributed by atoms with Gasteiger partial charge in [-0.15, -0.1) is 0 Å². The summed E-state index contributed by atoms with van der Waals surface area (Å²) < 4.78 is 18.9. The number of amides is 2. The SMILES string of the molecule is CCNC(=O)C(CC)N(Cc1ccc(F)cc1)C(=O)COc1ccc(CC)cc1. The van der Waals surface area contributed by atoms with Crippen molar-refractivity contribution in [1.29, 1.82) is 0 Å². The molecule has 156 valence electrons. The number of aryl methyl sites for hydroxylation is 1. The van der Waals surface area contributed by atoms with Gasteiger partial charge in [0.05, 0.1) is 0 Å². The molecule has 0 spiro atoms. The number of nitrogens with zero attached hydrogens (tertiary/aromatic N) is 1. The van der Waals surface area contributed by atoms with Gasteiger partial charge in [-0.25, -0.2) is 4.39 Å².